The van der Waals surface area contributed by atoms with Gasteiger partial charge in [-0.05, 0) is 56.4 Å². The van der Waals surface area contributed by atoms with Crippen molar-refractivity contribution in [3.8, 4) is 0 Å². The maximum atomic E-state index is 3.85. The van der Waals surface area contributed by atoms with E-state index in [0.717, 1.165) is 17.4 Å². The topological polar surface area (TPSA) is 12.0 Å². The standard InChI is InChI=1S/C13H23N/c1-2-8-13(7-1)9-3-5-11-6-4-10-14-12(11)13/h11-12,14H,1-10H2. The van der Waals surface area contributed by atoms with Gasteiger partial charge in [-0.25, -0.2) is 0 Å². The van der Waals surface area contributed by atoms with Crippen LogP contribution < -0.4 is 5.32 Å². The Balaban J connectivity index is 1.82. The van der Waals surface area contributed by atoms with Crippen LogP contribution in [-0.2, 0) is 0 Å². The van der Waals surface area contributed by atoms with E-state index in [4.69, 9.17) is 0 Å². The summed E-state index contributed by atoms with van der Waals surface area (Å²) in [7, 11) is 0. The Hall–Kier alpha value is -0.0400. The van der Waals surface area contributed by atoms with E-state index in [0.29, 0.717) is 0 Å². The van der Waals surface area contributed by atoms with Crippen molar-refractivity contribution in [2.45, 2.75) is 63.8 Å². The third kappa shape index (κ3) is 1.32. The monoisotopic (exact) mass is 193 g/mol. The van der Waals surface area contributed by atoms with Crippen LogP contribution in [0.5, 0.6) is 0 Å². The molecule has 0 aromatic carbocycles. The molecule has 1 spiro atoms. The van der Waals surface area contributed by atoms with Gasteiger partial charge in [0.25, 0.3) is 0 Å². The smallest absolute Gasteiger partial charge is 0.0152 e. The lowest BCUT2D eigenvalue weighted by atomic mass is 9.62. The molecule has 80 valence electrons. The van der Waals surface area contributed by atoms with Crippen LogP contribution in [-0.4, -0.2) is 12.6 Å². The molecule has 14 heavy (non-hydrogen) atoms. The van der Waals surface area contributed by atoms with E-state index < -0.39 is 0 Å². The molecule has 1 N–H and O–H groups in total. The molecular formula is C13H23N. The normalized spacial score (nSPS) is 41.1. The lowest BCUT2D eigenvalue weighted by Gasteiger charge is -2.49. The van der Waals surface area contributed by atoms with Crippen LogP contribution in [0, 0.1) is 11.3 Å². The van der Waals surface area contributed by atoms with Gasteiger partial charge in [0.1, 0.15) is 0 Å². The highest BCUT2D eigenvalue weighted by atomic mass is 15.0. The zero-order valence-corrected chi connectivity index (χ0v) is 9.23. The van der Waals surface area contributed by atoms with Crippen LogP contribution in [0.4, 0.5) is 0 Å². The summed E-state index contributed by atoms with van der Waals surface area (Å²) in [6.07, 6.45) is 13.6. The van der Waals surface area contributed by atoms with Crippen molar-refractivity contribution in [1.29, 1.82) is 0 Å². The molecule has 3 rings (SSSR count). The molecule has 0 amide bonds. The second-order valence-corrected chi connectivity index (χ2v) is 5.80. The highest BCUT2D eigenvalue weighted by molar-refractivity contribution is 5.02. The number of hydrogen-bond acceptors (Lipinski definition) is 1. The van der Waals surface area contributed by atoms with E-state index in [1.807, 2.05) is 0 Å². The highest BCUT2D eigenvalue weighted by Gasteiger charge is 2.47. The molecule has 0 bridgehead atoms. The molecule has 1 nitrogen and oxygen atoms in total. The number of fused-ring (bicyclic) bond motifs is 2. The third-order valence-electron chi connectivity index (χ3n) is 5.10. The molecule has 1 saturated heterocycles. The first-order chi connectivity index (χ1) is 6.91. The van der Waals surface area contributed by atoms with Gasteiger partial charge in [-0.1, -0.05) is 19.3 Å². The summed E-state index contributed by atoms with van der Waals surface area (Å²) in [5.74, 6) is 1.04. The Labute approximate surface area is 87.7 Å². The second kappa shape index (κ2) is 3.52. The molecule has 1 aliphatic heterocycles. The van der Waals surface area contributed by atoms with Crippen molar-refractivity contribution in [2.75, 3.05) is 6.54 Å². The number of rotatable bonds is 0. The summed E-state index contributed by atoms with van der Waals surface area (Å²) < 4.78 is 0. The van der Waals surface area contributed by atoms with Gasteiger partial charge in [0.15, 0.2) is 0 Å². The fraction of sp³-hybridized carbons (Fsp3) is 1.00. The summed E-state index contributed by atoms with van der Waals surface area (Å²) in [5, 5.41) is 3.85. The maximum Gasteiger partial charge on any atom is 0.0152 e. The Morgan fingerprint density at radius 2 is 1.57 bits per heavy atom. The van der Waals surface area contributed by atoms with E-state index in [9.17, 15) is 0 Å². The van der Waals surface area contributed by atoms with Crippen molar-refractivity contribution < 1.29 is 0 Å². The molecule has 3 aliphatic rings. The number of hydrogen-bond donors (Lipinski definition) is 1. The van der Waals surface area contributed by atoms with Gasteiger partial charge < -0.3 is 5.32 Å². The molecule has 0 aromatic rings. The molecule has 2 aliphatic carbocycles. The van der Waals surface area contributed by atoms with Crippen LogP contribution in [0.3, 0.4) is 0 Å². The first kappa shape index (κ1) is 9.21. The molecule has 3 fully saturated rings. The summed E-state index contributed by atoms with van der Waals surface area (Å²) in [6.45, 7) is 1.29. The van der Waals surface area contributed by atoms with Gasteiger partial charge in [0, 0.05) is 6.04 Å². The predicted molar refractivity (Wildman–Crippen MR) is 59.3 cm³/mol. The van der Waals surface area contributed by atoms with E-state index in [1.54, 1.807) is 0 Å². The van der Waals surface area contributed by atoms with Crippen molar-refractivity contribution in [1.82, 2.24) is 5.32 Å². The SMILES string of the molecule is C1CNC2C(C1)CCCC21CCCC1. The molecular weight excluding hydrogens is 170 g/mol. The van der Waals surface area contributed by atoms with Gasteiger partial charge >= 0.3 is 0 Å². The second-order valence-electron chi connectivity index (χ2n) is 5.80. The van der Waals surface area contributed by atoms with Crippen molar-refractivity contribution in [3.63, 3.8) is 0 Å². The Morgan fingerprint density at radius 1 is 0.857 bits per heavy atom. The zero-order valence-electron chi connectivity index (χ0n) is 9.23. The number of nitrogens with one attached hydrogen (secondary N) is 1. The Morgan fingerprint density at radius 3 is 2.43 bits per heavy atom. The fourth-order valence-corrected chi connectivity index (χ4v) is 4.49. The van der Waals surface area contributed by atoms with Crippen LogP contribution in [0.2, 0.25) is 0 Å². The highest BCUT2D eigenvalue weighted by Crippen LogP contribution is 2.52. The van der Waals surface area contributed by atoms with Crippen LogP contribution >= 0.6 is 0 Å². The quantitative estimate of drug-likeness (QED) is 0.623. The average Bonchev–Trinajstić information content (AvgIpc) is 2.68. The summed E-state index contributed by atoms with van der Waals surface area (Å²) in [4.78, 5) is 0. The molecule has 2 atom stereocenters. The van der Waals surface area contributed by atoms with E-state index in [-0.39, 0.29) is 0 Å². The van der Waals surface area contributed by atoms with Crippen LogP contribution in [0.1, 0.15) is 57.8 Å². The van der Waals surface area contributed by atoms with Gasteiger partial charge in [-0.15, -0.1) is 0 Å². The minimum atomic E-state index is 0.753. The maximum absolute atomic E-state index is 3.85. The predicted octanol–water partition coefficient (Wildman–Crippen LogP) is 3.10. The summed E-state index contributed by atoms with van der Waals surface area (Å²) in [6, 6.07) is 0.910. The minimum Gasteiger partial charge on any atom is -0.313 e. The van der Waals surface area contributed by atoms with Crippen molar-refractivity contribution >= 4 is 0 Å². The van der Waals surface area contributed by atoms with Gasteiger partial charge in [-0.2, -0.15) is 0 Å². The average molecular weight is 193 g/mol. The number of piperidine rings is 1. The van der Waals surface area contributed by atoms with Gasteiger partial charge in [0.05, 0.1) is 0 Å². The van der Waals surface area contributed by atoms with E-state index >= 15 is 0 Å². The summed E-state index contributed by atoms with van der Waals surface area (Å²) in [5.41, 5.74) is 0.753. The van der Waals surface area contributed by atoms with Gasteiger partial charge in [0.2, 0.25) is 0 Å². The molecule has 2 saturated carbocycles. The minimum absolute atomic E-state index is 0.753. The lowest BCUT2D eigenvalue weighted by molar-refractivity contribution is 0.0572. The Bertz CT molecular complexity index is 203. The van der Waals surface area contributed by atoms with Crippen LogP contribution in [0.25, 0.3) is 0 Å². The summed E-state index contributed by atoms with van der Waals surface area (Å²) >= 11 is 0. The third-order valence-corrected chi connectivity index (χ3v) is 5.10. The Kier molecular flexibility index (Phi) is 2.31. The molecule has 1 heteroatoms. The van der Waals surface area contributed by atoms with E-state index in [2.05, 4.69) is 5.32 Å². The van der Waals surface area contributed by atoms with Crippen molar-refractivity contribution in [3.05, 3.63) is 0 Å². The first-order valence-electron chi connectivity index (χ1n) is 6.64. The van der Waals surface area contributed by atoms with Crippen LogP contribution in [0.15, 0.2) is 0 Å². The lowest BCUT2D eigenvalue weighted by Crippen LogP contribution is -2.54. The van der Waals surface area contributed by atoms with Gasteiger partial charge in [-0.3, -0.25) is 0 Å². The molecule has 0 radical (unpaired) electrons. The van der Waals surface area contributed by atoms with Crippen molar-refractivity contribution in [2.24, 2.45) is 11.3 Å². The first-order valence-corrected chi connectivity index (χ1v) is 6.64. The zero-order chi connectivity index (χ0) is 9.43. The molecule has 0 aromatic heterocycles. The molecule has 1 heterocycles. The fourth-order valence-electron chi connectivity index (χ4n) is 4.49. The van der Waals surface area contributed by atoms with E-state index in [1.165, 1.54) is 64.3 Å². The molecule has 2 unspecified atom stereocenters. The largest absolute Gasteiger partial charge is 0.313 e.